The van der Waals surface area contributed by atoms with Crippen LogP contribution in [0.3, 0.4) is 0 Å². The van der Waals surface area contributed by atoms with E-state index in [4.69, 9.17) is 4.74 Å². The van der Waals surface area contributed by atoms with Gasteiger partial charge in [0.1, 0.15) is 0 Å². The van der Waals surface area contributed by atoms with Crippen molar-refractivity contribution in [2.75, 3.05) is 19.8 Å². The highest BCUT2D eigenvalue weighted by molar-refractivity contribution is 4.63. The molecule has 0 fully saturated rings. The summed E-state index contributed by atoms with van der Waals surface area (Å²) in [5, 5.41) is 3.46. The van der Waals surface area contributed by atoms with Crippen molar-refractivity contribution in [3.05, 3.63) is 0 Å². The van der Waals surface area contributed by atoms with Crippen molar-refractivity contribution in [1.82, 2.24) is 5.32 Å². The molecule has 0 radical (unpaired) electrons. The summed E-state index contributed by atoms with van der Waals surface area (Å²) in [6, 6.07) is 0.591. The van der Waals surface area contributed by atoms with Crippen LogP contribution in [0.1, 0.15) is 53.4 Å². The molecule has 0 saturated carbocycles. The van der Waals surface area contributed by atoms with Gasteiger partial charge in [-0.25, -0.2) is 0 Å². The quantitative estimate of drug-likeness (QED) is 0.565. The number of unbranched alkanes of at least 4 members (excludes halogenated alkanes) is 3. The first-order valence-corrected chi connectivity index (χ1v) is 6.49. The van der Waals surface area contributed by atoms with Crippen LogP contribution in [0, 0.1) is 5.92 Å². The van der Waals surface area contributed by atoms with Crippen molar-refractivity contribution in [3.63, 3.8) is 0 Å². The molecule has 0 saturated heterocycles. The molecule has 2 nitrogen and oxygen atoms in total. The van der Waals surface area contributed by atoms with Gasteiger partial charge >= 0.3 is 0 Å². The molecule has 0 aromatic carbocycles. The normalized spacial score (nSPS) is 13.4. The molecular formula is C13H29NO. The molecule has 0 aliphatic heterocycles. The van der Waals surface area contributed by atoms with E-state index in [0.29, 0.717) is 12.0 Å². The Hall–Kier alpha value is -0.0800. The van der Waals surface area contributed by atoms with Gasteiger partial charge in [0.15, 0.2) is 0 Å². The third kappa shape index (κ3) is 10.2. The fourth-order valence-electron chi connectivity index (χ4n) is 1.33. The highest BCUT2D eigenvalue weighted by Crippen LogP contribution is 2.00. The third-order valence-electron chi connectivity index (χ3n) is 2.85. The fraction of sp³-hybridized carbons (Fsp3) is 1.00. The van der Waals surface area contributed by atoms with Gasteiger partial charge in [0.05, 0.1) is 6.61 Å². The smallest absolute Gasteiger partial charge is 0.0590 e. The standard InChI is InChI=1S/C13H29NO/c1-5-6-7-8-10-15-11-9-14-13(4)12(2)3/h12-14H,5-11H2,1-4H3. The molecule has 0 aliphatic carbocycles. The van der Waals surface area contributed by atoms with E-state index in [-0.39, 0.29) is 0 Å². The summed E-state index contributed by atoms with van der Waals surface area (Å²) in [6.45, 7) is 11.7. The van der Waals surface area contributed by atoms with Gasteiger partial charge in [0.2, 0.25) is 0 Å². The number of hydrogen-bond acceptors (Lipinski definition) is 2. The zero-order valence-corrected chi connectivity index (χ0v) is 11.0. The maximum atomic E-state index is 5.55. The molecule has 15 heavy (non-hydrogen) atoms. The van der Waals surface area contributed by atoms with Gasteiger partial charge in [-0.3, -0.25) is 0 Å². The summed E-state index contributed by atoms with van der Waals surface area (Å²) in [6.07, 6.45) is 5.17. The van der Waals surface area contributed by atoms with Gasteiger partial charge in [-0.2, -0.15) is 0 Å². The molecule has 0 aliphatic rings. The van der Waals surface area contributed by atoms with Crippen LogP contribution in [-0.4, -0.2) is 25.8 Å². The summed E-state index contributed by atoms with van der Waals surface area (Å²) in [7, 11) is 0. The van der Waals surface area contributed by atoms with Gasteiger partial charge in [-0.05, 0) is 19.3 Å². The van der Waals surface area contributed by atoms with Crippen LogP contribution in [0.5, 0.6) is 0 Å². The minimum absolute atomic E-state index is 0.591. The van der Waals surface area contributed by atoms with E-state index in [1.165, 1.54) is 25.7 Å². The van der Waals surface area contributed by atoms with E-state index in [1.54, 1.807) is 0 Å². The number of rotatable bonds is 10. The first-order valence-electron chi connectivity index (χ1n) is 6.49. The van der Waals surface area contributed by atoms with Crippen molar-refractivity contribution < 1.29 is 4.74 Å². The van der Waals surface area contributed by atoms with Crippen LogP contribution >= 0.6 is 0 Å². The molecule has 0 aromatic rings. The lowest BCUT2D eigenvalue weighted by molar-refractivity contribution is 0.128. The maximum absolute atomic E-state index is 5.55. The lowest BCUT2D eigenvalue weighted by Crippen LogP contribution is -2.33. The van der Waals surface area contributed by atoms with Crippen LogP contribution in [-0.2, 0) is 4.74 Å². The Balaban J connectivity index is 3.05. The summed E-state index contributed by atoms with van der Waals surface area (Å²) >= 11 is 0. The van der Waals surface area contributed by atoms with Crippen LogP contribution in [0.4, 0.5) is 0 Å². The van der Waals surface area contributed by atoms with Crippen LogP contribution in [0.25, 0.3) is 0 Å². The molecule has 0 bridgehead atoms. The minimum atomic E-state index is 0.591. The van der Waals surface area contributed by atoms with Crippen molar-refractivity contribution in [3.8, 4) is 0 Å². The Morgan fingerprint density at radius 1 is 1.00 bits per heavy atom. The fourth-order valence-corrected chi connectivity index (χ4v) is 1.33. The molecular weight excluding hydrogens is 186 g/mol. The molecule has 1 atom stereocenters. The van der Waals surface area contributed by atoms with Crippen molar-refractivity contribution >= 4 is 0 Å². The summed E-state index contributed by atoms with van der Waals surface area (Å²) in [5.74, 6) is 0.703. The summed E-state index contributed by atoms with van der Waals surface area (Å²) in [5.41, 5.74) is 0. The Morgan fingerprint density at radius 3 is 2.33 bits per heavy atom. The highest BCUT2D eigenvalue weighted by atomic mass is 16.5. The van der Waals surface area contributed by atoms with Crippen molar-refractivity contribution in [2.45, 2.75) is 59.4 Å². The largest absolute Gasteiger partial charge is 0.380 e. The van der Waals surface area contributed by atoms with Gasteiger partial charge in [0, 0.05) is 19.2 Å². The summed E-state index contributed by atoms with van der Waals surface area (Å²) < 4.78 is 5.55. The number of ether oxygens (including phenoxy) is 1. The average Bonchev–Trinajstić information content (AvgIpc) is 2.21. The Labute approximate surface area is 95.8 Å². The van der Waals surface area contributed by atoms with E-state index in [9.17, 15) is 0 Å². The average molecular weight is 215 g/mol. The van der Waals surface area contributed by atoms with Crippen molar-refractivity contribution in [2.24, 2.45) is 5.92 Å². The van der Waals surface area contributed by atoms with Gasteiger partial charge < -0.3 is 10.1 Å². The Bertz CT molecular complexity index is 126. The van der Waals surface area contributed by atoms with E-state index >= 15 is 0 Å². The molecule has 92 valence electrons. The van der Waals surface area contributed by atoms with Crippen LogP contribution in [0.15, 0.2) is 0 Å². The van der Waals surface area contributed by atoms with E-state index in [2.05, 4.69) is 33.0 Å². The number of hydrogen-bond donors (Lipinski definition) is 1. The first-order chi connectivity index (χ1) is 7.18. The number of nitrogens with one attached hydrogen (secondary N) is 1. The van der Waals surface area contributed by atoms with Gasteiger partial charge in [0.25, 0.3) is 0 Å². The maximum Gasteiger partial charge on any atom is 0.0590 e. The third-order valence-corrected chi connectivity index (χ3v) is 2.85. The van der Waals surface area contributed by atoms with Crippen LogP contribution in [0.2, 0.25) is 0 Å². The van der Waals surface area contributed by atoms with Gasteiger partial charge in [-0.1, -0.05) is 40.0 Å². The SMILES string of the molecule is CCCCCCOCCNC(C)C(C)C. The zero-order valence-electron chi connectivity index (χ0n) is 11.0. The highest BCUT2D eigenvalue weighted by Gasteiger charge is 2.04. The monoisotopic (exact) mass is 215 g/mol. The van der Waals surface area contributed by atoms with Gasteiger partial charge in [-0.15, -0.1) is 0 Å². The second kappa shape index (κ2) is 10.4. The Morgan fingerprint density at radius 2 is 1.73 bits per heavy atom. The summed E-state index contributed by atoms with van der Waals surface area (Å²) in [4.78, 5) is 0. The van der Waals surface area contributed by atoms with E-state index in [0.717, 1.165) is 19.8 Å². The minimum Gasteiger partial charge on any atom is -0.380 e. The molecule has 0 heterocycles. The lowest BCUT2D eigenvalue weighted by Gasteiger charge is -2.17. The predicted octanol–water partition coefficient (Wildman–Crippen LogP) is 3.22. The van der Waals surface area contributed by atoms with Crippen molar-refractivity contribution in [1.29, 1.82) is 0 Å². The second-order valence-electron chi connectivity index (χ2n) is 4.66. The molecule has 2 heteroatoms. The molecule has 1 N–H and O–H groups in total. The molecule has 1 unspecified atom stereocenters. The first kappa shape index (κ1) is 14.9. The van der Waals surface area contributed by atoms with E-state index < -0.39 is 0 Å². The lowest BCUT2D eigenvalue weighted by atomic mass is 10.1. The topological polar surface area (TPSA) is 21.3 Å². The van der Waals surface area contributed by atoms with Crippen LogP contribution < -0.4 is 5.32 Å². The predicted molar refractivity (Wildman–Crippen MR) is 67.3 cm³/mol. The molecule has 0 aromatic heterocycles. The second-order valence-corrected chi connectivity index (χ2v) is 4.66. The molecule has 0 spiro atoms. The molecule has 0 amide bonds. The zero-order chi connectivity index (χ0) is 11.5. The Kier molecular flexibility index (Phi) is 10.4. The van der Waals surface area contributed by atoms with E-state index in [1.807, 2.05) is 0 Å². The molecule has 0 rings (SSSR count).